The van der Waals surface area contributed by atoms with Gasteiger partial charge < -0.3 is 4.98 Å². The van der Waals surface area contributed by atoms with E-state index in [4.69, 9.17) is 0 Å². The first kappa shape index (κ1) is 15.5. The van der Waals surface area contributed by atoms with Gasteiger partial charge in [0.2, 0.25) is 15.6 Å². The molecular formula is C15H18N2O3S. The van der Waals surface area contributed by atoms with E-state index in [0.717, 1.165) is 11.1 Å². The summed E-state index contributed by atoms with van der Waals surface area (Å²) in [7, 11) is -3.58. The summed E-state index contributed by atoms with van der Waals surface area (Å²) in [5, 5.41) is 0. The Hall–Kier alpha value is -1.92. The van der Waals surface area contributed by atoms with Crippen molar-refractivity contribution in [2.75, 3.05) is 0 Å². The van der Waals surface area contributed by atoms with Crippen LogP contribution in [0.2, 0.25) is 0 Å². The highest BCUT2D eigenvalue weighted by Crippen LogP contribution is 2.21. The number of pyridine rings is 1. The number of rotatable bonds is 3. The molecule has 0 amide bonds. The van der Waals surface area contributed by atoms with E-state index in [1.165, 1.54) is 6.07 Å². The molecule has 1 aromatic carbocycles. The average molecular weight is 306 g/mol. The Morgan fingerprint density at radius 2 is 1.76 bits per heavy atom. The minimum atomic E-state index is -3.58. The van der Waals surface area contributed by atoms with Crippen molar-refractivity contribution in [3.05, 3.63) is 52.9 Å². The number of benzene rings is 1. The molecular weight excluding hydrogens is 288 g/mol. The molecule has 0 aliphatic carbocycles. The summed E-state index contributed by atoms with van der Waals surface area (Å²) in [6, 6.07) is 9.66. The van der Waals surface area contributed by atoms with Gasteiger partial charge in [0.05, 0.1) is 4.90 Å². The summed E-state index contributed by atoms with van der Waals surface area (Å²) in [6.07, 6.45) is 1.56. The number of aromatic amines is 1. The molecule has 2 aromatic rings. The second-order valence-electron chi connectivity index (χ2n) is 5.82. The SMILES string of the molecule is CC(C)(C)NS(=O)(=O)c1cccc(-c2ccc(=O)[nH]c2)c1. The van der Waals surface area contributed by atoms with Gasteiger partial charge in [-0.05, 0) is 50.1 Å². The van der Waals surface area contributed by atoms with Gasteiger partial charge in [-0.15, -0.1) is 0 Å². The van der Waals surface area contributed by atoms with Crippen LogP contribution in [0.1, 0.15) is 20.8 Å². The summed E-state index contributed by atoms with van der Waals surface area (Å²) in [5.74, 6) is 0. The van der Waals surface area contributed by atoms with Crippen LogP contribution < -0.4 is 10.3 Å². The third-order valence-corrected chi connectivity index (χ3v) is 4.46. The van der Waals surface area contributed by atoms with Crippen molar-refractivity contribution in [2.24, 2.45) is 0 Å². The van der Waals surface area contributed by atoms with Crippen LogP contribution >= 0.6 is 0 Å². The fourth-order valence-corrected chi connectivity index (χ4v) is 3.36. The van der Waals surface area contributed by atoms with Crippen LogP contribution in [0.5, 0.6) is 0 Å². The Morgan fingerprint density at radius 3 is 2.33 bits per heavy atom. The van der Waals surface area contributed by atoms with E-state index in [1.54, 1.807) is 57.3 Å². The lowest BCUT2D eigenvalue weighted by atomic mass is 10.1. The van der Waals surface area contributed by atoms with Crippen LogP contribution in [-0.4, -0.2) is 18.9 Å². The summed E-state index contributed by atoms with van der Waals surface area (Å²) >= 11 is 0. The molecule has 0 radical (unpaired) electrons. The van der Waals surface area contributed by atoms with Gasteiger partial charge in [0.1, 0.15) is 0 Å². The second kappa shape index (κ2) is 5.46. The number of hydrogen-bond donors (Lipinski definition) is 2. The van der Waals surface area contributed by atoms with Gasteiger partial charge in [0.15, 0.2) is 0 Å². The van der Waals surface area contributed by atoms with Gasteiger partial charge in [-0.25, -0.2) is 13.1 Å². The maximum atomic E-state index is 12.3. The largest absolute Gasteiger partial charge is 0.328 e. The lowest BCUT2D eigenvalue weighted by Crippen LogP contribution is -2.40. The molecule has 0 bridgehead atoms. The number of H-pyrrole nitrogens is 1. The second-order valence-corrected chi connectivity index (χ2v) is 7.51. The zero-order chi connectivity index (χ0) is 15.7. The van der Waals surface area contributed by atoms with Gasteiger partial charge >= 0.3 is 0 Å². The van der Waals surface area contributed by atoms with Crippen LogP contribution in [0.25, 0.3) is 11.1 Å². The zero-order valence-corrected chi connectivity index (χ0v) is 13.0. The first-order chi connectivity index (χ1) is 9.67. The van der Waals surface area contributed by atoms with E-state index in [-0.39, 0.29) is 10.5 Å². The molecule has 0 unspecified atom stereocenters. The predicted molar refractivity (Wildman–Crippen MR) is 82.6 cm³/mol. The van der Waals surface area contributed by atoms with E-state index in [2.05, 4.69) is 9.71 Å². The monoisotopic (exact) mass is 306 g/mol. The highest BCUT2D eigenvalue weighted by atomic mass is 32.2. The lowest BCUT2D eigenvalue weighted by Gasteiger charge is -2.20. The molecule has 0 aliphatic heterocycles. The van der Waals surface area contributed by atoms with Crippen molar-refractivity contribution in [2.45, 2.75) is 31.2 Å². The Bertz CT molecular complexity index is 782. The molecule has 0 atom stereocenters. The topological polar surface area (TPSA) is 79.0 Å². The zero-order valence-electron chi connectivity index (χ0n) is 12.2. The highest BCUT2D eigenvalue weighted by Gasteiger charge is 2.22. The standard InChI is InChI=1S/C15H18N2O3S/c1-15(2,3)17-21(19,20)13-6-4-5-11(9-13)12-7-8-14(18)16-10-12/h4-10,17H,1-3H3,(H,16,18). The molecule has 2 rings (SSSR count). The maximum absolute atomic E-state index is 12.3. The highest BCUT2D eigenvalue weighted by molar-refractivity contribution is 7.89. The van der Waals surface area contributed by atoms with E-state index < -0.39 is 15.6 Å². The van der Waals surface area contributed by atoms with E-state index >= 15 is 0 Å². The fraction of sp³-hybridized carbons (Fsp3) is 0.267. The Labute approximate surface area is 124 Å². The number of sulfonamides is 1. The summed E-state index contributed by atoms with van der Waals surface area (Å²) in [6.45, 7) is 5.36. The van der Waals surface area contributed by atoms with Gasteiger partial charge in [0.25, 0.3) is 0 Å². The number of hydrogen-bond acceptors (Lipinski definition) is 3. The van der Waals surface area contributed by atoms with Crippen LogP contribution in [0.3, 0.4) is 0 Å². The lowest BCUT2D eigenvalue weighted by molar-refractivity contribution is 0.491. The van der Waals surface area contributed by atoms with Crippen molar-refractivity contribution in [1.29, 1.82) is 0 Å². The Kier molecular flexibility index (Phi) is 4.02. The minimum absolute atomic E-state index is 0.195. The fourth-order valence-electron chi connectivity index (χ4n) is 1.89. The molecule has 1 heterocycles. The molecule has 0 saturated carbocycles. The smallest absolute Gasteiger partial charge is 0.247 e. The molecule has 0 aliphatic rings. The van der Waals surface area contributed by atoms with Crippen molar-refractivity contribution >= 4 is 10.0 Å². The first-order valence-corrected chi connectivity index (χ1v) is 7.99. The molecule has 2 N–H and O–H groups in total. The van der Waals surface area contributed by atoms with Crippen molar-refractivity contribution in [3.63, 3.8) is 0 Å². The van der Waals surface area contributed by atoms with Crippen LogP contribution in [0.15, 0.2) is 52.3 Å². The first-order valence-electron chi connectivity index (χ1n) is 6.51. The predicted octanol–water partition coefficient (Wildman–Crippen LogP) is 2.12. The number of nitrogens with one attached hydrogen (secondary N) is 2. The quantitative estimate of drug-likeness (QED) is 0.911. The third kappa shape index (κ3) is 4.03. The molecule has 0 spiro atoms. The molecule has 6 heteroatoms. The van der Waals surface area contributed by atoms with Crippen molar-refractivity contribution in [3.8, 4) is 11.1 Å². The molecule has 0 saturated heterocycles. The van der Waals surface area contributed by atoms with Gasteiger partial charge in [-0.2, -0.15) is 0 Å². The molecule has 0 fully saturated rings. The van der Waals surface area contributed by atoms with Gasteiger partial charge in [-0.3, -0.25) is 4.79 Å². The Morgan fingerprint density at radius 1 is 1.05 bits per heavy atom. The third-order valence-electron chi connectivity index (χ3n) is 2.70. The molecule has 5 nitrogen and oxygen atoms in total. The minimum Gasteiger partial charge on any atom is -0.328 e. The summed E-state index contributed by atoms with van der Waals surface area (Å²) < 4.78 is 27.2. The van der Waals surface area contributed by atoms with E-state index in [9.17, 15) is 13.2 Å². The van der Waals surface area contributed by atoms with Crippen LogP contribution in [0, 0.1) is 0 Å². The van der Waals surface area contributed by atoms with Crippen LogP contribution in [-0.2, 0) is 10.0 Å². The molecule has 112 valence electrons. The van der Waals surface area contributed by atoms with Crippen LogP contribution in [0.4, 0.5) is 0 Å². The average Bonchev–Trinajstić information content (AvgIpc) is 2.37. The number of aromatic nitrogens is 1. The van der Waals surface area contributed by atoms with Gasteiger partial charge in [-0.1, -0.05) is 12.1 Å². The van der Waals surface area contributed by atoms with Crippen molar-refractivity contribution < 1.29 is 8.42 Å². The van der Waals surface area contributed by atoms with E-state index in [1.807, 2.05) is 0 Å². The van der Waals surface area contributed by atoms with Crippen molar-refractivity contribution in [1.82, 2.24) is 9.71 Å². The normalized spacial score (nSPS) is 12.3. The van der Waals surface area contributed by atoms with E-state index in [0.29, 0.717) is 0 Å². The molecule has 21 heavy (non-hydrogen) atoms. The summed E-state index contributed by atoms with van der Waals surface area (Å²) in [5.41, 5.74) is 0.731. The maximum Gasteiger partial charge on any atom is 0.247 e. The Balaban J connectivity index is 2.42. The summed E-state index contributed by atoms with van der Waals surface area (Å²) in [4.78, 5) is 13.8. The van der Waals surface area contributed by atoms with Gasteiger partial charge in [0, 0.05) is 17.8 Å². The molecule has 1 aromatic heterocycles.